The van der Waals surface area contributed by atoms with Gasteiger partial charge >= 0.3 is 0 Å². The first kappa shape index (κ1) is 16.8. The van der Waals surface area contributed by atoms with Gasteiger partial charge in [0.15, 0.2) is 0 Å². The summed E-state index contributed by atoms with van der Waals surface area (Å²) in [6, 6.07) is 0.482. The number of rotatable bonds is 5. The summed E-state index contributed by atoms with van der Waals surface area (Å²) in [5.74, 6) is 1.31. The molecule has 122 valence electrons. The van der Waals surface area contributed by atoms with E-state index >= 15 is 0 Å². The van der Waals surface area contributed by atoms with Crippen molar-refractivity contribution in [1.82, 2.24) is 10.2 Å². The molecule has 1 saturated carbocycles. The summed E-state index contributed by atoms with van der Waals surface area (Å²) in [4.78, 5) is 15.3. The number of nitrogens with zero attached hydrogens (tertiary/aromatic N) is 1. The molecule has 0 aromatic heterocycles. The maximum atomic E-state index is 13.1. The highest BCUT2D eigenvalue weighted by Gasteiger charge is 2.42. The Bertz CT molecular complexity index is 323. The lowest BCUT2D eigenvalue weighted by Crippen LogP contribution is -2.53. The molecule has 0 spiro atoms. The van der Waals surface area contributed by atoms with Gasteiger partial charge in [0.25, 0.3) is 0 Å². The Morgan fingerprint density at radius 1 is 1.24 bits per heavy atom. The zero-order valence-electron chi connectivity index (χ0n) is 14.3. The van der Waals surface area contributed by atoms with E-state index in [2.05, 4.69) is 31.1 Å². The first-order valence-electron chi connectivity index (χ1n) is 9.11. The van der Waals surface area contributed by atoms with Gasteiger partial charge in [-0.2, -0.15) is 0 Å². The van der Waals surface area contributed by atoms with Gasteiger partial charge in [-0.05, 0) is 57.4 Å². The monoisotopic (exact) mass is 294 g/mol. The van der Waals surface area contributed by atoms with Gasteiger partial charge in [-0.15, -0.1) is 0 Å². The van der Waals surface area contributed by atoms with Crippen LogP contribution in [0, 0.1) is 11.3 Å². The van der Waals surface area contributed by atoms with Crippen molar-refractivity contribution in [3.8, 4) is 0 Å². The van der Waals surface area contributed by atoms with Crippen LogP contribution in [0.25, 0.3) is 0 Å². The van der Waals surface area contributed by atoms with E-state index in [0.29, 0.717) is 11.9 Å². The number of piperidine rings is 1. The number of carbonyl (C=O) groups is 1. The van der Waals surface area contributed by atoms with E-state index < -0.39 is 0 Å². The van der Waals surface area contributed by atoms with Crippen molar-refractivity contribution in [2.45, 2.75) is 77.7 Å². The number of hydrogen-bond acceptors (Lipinski definition) is 2. The average Bonchev–Trinajstić information content (AvgIpc) is 2.54. The Labute approximate surface area is 130 Å². The van der Waals surface area contributed by atoms with E-state index in [1.54, 1.807) is 0 Å². The Kier molecular flexibility index (Phi) is 6.09. The van der Waals surface area contributed by atoms with Gasteiger partial charge < -0.3 is 10.2 Å². The van der Waals surface area contributed by atoms with Crippen LogP contribution in [0.1, 0.15) is 71.6 Å². The summed E-state index contributed by atoms with van der Waals surface area (Å²) in [6.07, 6.45) is 10.7. The highest BCUT2D eigenvalue weighted by molar-refractivity contribution is 5.83. The van der Waals surface area contributed by atoms with Crippen molar-refractivity contribution in [2.75, 3.05) is 20.1 Å². The van der Waals surface area contributed by atoms with E-state index in [-0.39, 0.29) is 5.41 Å². The molecule has 2 rings (SSSR count). The fourth-order valence-corrected chi connectivity index (χ4v) is 4.43. The summed E-state index contributed by atoms with van der Waals surface area (Å²) in [5.41, 5.74) is -0.122. The van der Waals surface area contributed by atoms with Crippen molar-refractivity contribution < 1.29 is 4.79 Å². The van der Waals surface area contributed by atoms with Gasteiger partial charge in [-0.3, -0.25) is 4.79 Å². The highest BCUT2D eigenvalue weighted by Crippen LogP contribution is 2.36. The van der Waals surface area contributed by atoms with Crippen molar-refractivity contribution in [2.24, 2.45) is 11.3 Å². The average molecular weight is 294 g/mol. The Morgan fingerprint density at radius 2 is 1.95 bits per heavy atom. The smallest absolute Gasteiger partial charge is 0.230 e. The fraction of sp³-hybridized carbons (Fsp3) is 0.944. The molecule has 1 atom stereocenters. The molecule has 1 N–H and O–H groups in total. The van der Waals surface area contributed by atoms with Crippen LogP contribution < -0.4 is 5.32 Å². The zero-order chi connectivity index (χ0) is 15.3. The molecule has 0 aromatic carbocycles. The van der Waals surface area contributed by atoms with E-state index in [1.165, 1.54) is 32.1 Å². The minimum atomic E-state index is -0.122. The third kappa shape index (κ3) is 3.80. The predicted octanol–water partition coefficient (Wildman–Crippen LogP) is 3.58. The summed E-state index contributed by atoms with van der Waals surface area (Å²) < 4.78 is 0. The normalized spacial score (nSPS) is 33.7. The maximum Gasteiger partial charge on any atom is 0.230 e. The Hall–Kier alpha value is -0.570. The molecule has 1 saturated heterocycles. The third-order valence-electron chi connectivity index (χ3n) is 5.92. The van der Waals surface area contributed by atoms with Crippen LogP contribution in [0.15, 0.2) is 0 Å². The van der Waals surface area contributed by atoms with Gasteiger partial charge in [0.2, 0.25) is 5.91 Å². The Morgan fingerprint density at radius 3 is 2.48 bits per heavy atom. The molecule has 1 amide bonds. The largest absolute Gasteiger partial charge is 0.342 e. The molecule has 1 heterocycles. The first-order valence-corrected chi connectivity index (χ1v) is 9.11. The number of amides is 1. The first-order chi connectivity index (χ1) is 10.1. The molecule has 21 heavy (non-hydrogen) atoms. The number of nitrogens with one attached hydrogen (secondary N) is 1. The quantitative estimate of drug-likeness (QED) is 0.840. The van der Waals surface area contributed by atoms with Gasteiger partial charge in [-0.25, -0.2) is 0 Å². The molecular weight excluding hydrogens is 260 g/mol. The SMILES string of the molecule is CCCC1(C(=O)N(C)C2CCC(CC)CC2)CCCNC1. The van der Waals surface area contributed by atoms with E-state index in [4.69, 9.17) is 0 Å². The molecule has 2 fully saturated rings. The van der Waals surface area contributed by atoms with Crippen LogP contribution >= 0.6 is 0 Å². The molecule has 2 aliphatic rings. The fourth-order valence-electron chi connectivity index (χ4n) is 4.43. The van der Waals surface area contributed by atoms with E-state index in [1.807, 2.05) is 0 Å². The lowest BCUT2D eigenvalue weighted by atomic mass is 9.75. The lowest BCUT2D eigenvalue weighted by molar-refractivity contribution is -0.145. The minimum absolute atomic E-state index is 0.122. The molecule has 0 radical (unpaired) electrons. The molecule has 1 aliphatic heterocycles. The standard InChI is InChI=1S/C18H34N2O/c1-4-11-18(12-6-13-19-14-18)17(21)20(3)16-9-7-15(5-2)8-10-16/h15-16,19H,4-14H2,1-3H3. The van der Waals surface area contributed by atoms with Gasteiger partial charge in [0, 0.05) is 19.6 Å². The molecule has 3 heteroatoms. The molecule has 0 bridgehead atoms. The van der Waals surface area contributed by atoms with E-state index in [9.17, 15) is 4.79 Å². The highest BCUT2D eigenvalue weighted by atomic mass is 16.2. The molecule has 1 unspecified atom stereocenters. The second-order valence-corrected chi connectivity index (χ2v) is 7.31. The second-order valence-electron chi connectivity index (χ2n) is 7.31. The van der Waals surface area contributed by atoms with Crippen LogP contribution in [0.5, 0.6) is 0 Å². The van der Waals surface area contributed by atoms with Crippen molar-refractivity contribution in [3.05, 3.63) is 0 Å². The molecule has 1 aliphatic carbocycles. The number of hydrogen-bond donors (Lipinski definition) is 1. The van der Waals surface area contributed by atoms with E-state index in [0.717, 1.165) is 44.7 Å². The van der Waals surface area contributed by atoms with Crippen LogP contribution in [0.4, 0.5) is 0 Å². The third-order valence-corrected chi connectivity index (χ3v) is 5.92. The van der Waals surface area contributed by atoms with Gasteiger partial charge in [-0.1, -0.05) is 26.7 Å². The number of carbonyl (C=O) groups excluding carboxylic acids is 1. The maximum absolute atomic E-state index is 13.1. The second kappa shape index (κ2) is 7.62. The van der Waals surface area contributed by atoms with Gasteiger partial charge in [0.05, 0.1) is 5.41 Å². The Balaban J connectivity index is 1.99. The summed E-state index contributed by atoms with van der Waals surface area (Å²) in [5, 5.41) is 3.47. The topological polar surface area (TPSA) is 32.3 Å². The van der Waals surface area contributed by atoms with Crippen LogP contribution in [0.3, 0.4) is 0 Å². The van der Waals surface area contributed by atoms with Crippen LogP contribution in [0.2, 0.25) is 0 Å². The predicted molar refractivity (Wildman–Crippen MR) is 88.3 cm³/mol. The molecule has 3 nitrogen and oxygen atoms in total. The van der Waals surface area contributed by atoms with Crippen molar-refractivity contribution in [3.63, 3.8) is 0 Å². The summed E-state index contributed by atoms with van der Waals surface area (Å²) in [7, 11) is 2.06. The van der Waals surface area contributed by atoms with Crippen LogP contribution in [-0.2, 0) is 4.79 Å². The zero-order valence-corrected chi connectivity index (χ0v) is 14.3. The van der Waals surface area contributed by atoms with Crippen molar-refractivity contribution in [1.29, 1.82) is 0 Å². The van der Waals surface area contributed by atoms with Gasteiger partial charge in [0.1, 0.15) is 0 Å². The molecular formula is C18H34N2O. The lowest BCUT2D eigenvalue weighted by Gasteiger charge is -2.43. The summed E-state index contributed by atoms with van der Waals surface area (Å²) in [6.45, 7) is 6.46. The minimum Gasteiger partial charge on any atom is -0.342 e. The summed E-state index contributed by atoms with van der Waals surface area (Å²) >= 11 is 0. The van der Waals surface area contributed by atoms with Crippen molar-refractivity contribution >= 4 is 5.91 Å². The molecule has 0 aromatic rings. The van der Waals surface area contributed by atoms with Crippen LogP contribution in [-0.4, -0.2) is 37.0 Å².